The van der Waals surface area contributed by atoms with E-state index in [2.05, 4.69) is 10.6 Å². The van der Waals surface area contributed by atoms with Gasteiger partial charge in [0, 0.05) is 6.07 Å². The average molecular weight is 359 g/mol. The highest BCUT2D eigenvalue weighted by atomic mass is 19.1. The maximum Gasteiger partial charge on any atom is 0.243 e. The van der Waals surface area contributed by atoms with Crippen LogP contribution in [-0.4, -0.2) is 24.4 Å². The molecule has 0 radical (unpaired) electrons. The van der Waals surface area contributed by atoms with Gasteiger partial charge in [0.15, 0.2) is 5.75 Å². The number of carbonyl (C=O) groups excluding carboxylic acids is 2. The zero-order valence-corrected chi connectivity index (χ0v) is 14.7. The van der Waals surface area contributed by atoms with Gasteiger partial charge >= 0.3 is 0 Å². The molecular weight excluding hydrogens is 337 g/mol. The predicted molar refractivity (Wildman–Crippen MR) is 97.4 cm³/mol. The van der Waals surface area contributed by atoms with Gasteiger partial charge in [0.25, 0.3) is 0 Å². The highest BCUT2D eigenvalue weighted by molar-refractivity contribution is 5.96. The fourth-order valence-electron chi connectivity index (χ4n) is 2.10. The summed E-state index contributed by atoms with van der Waals surface area (Å²) >= 11 is 0. The van der Waals surface area contributed by atoms with E-state index in [1.165, 1.54) is 18.2 Å². The predicted octanol–water partition coefficient (Wildman–Crippen LogP) is 2.66. The highest BCUT2D eigenvalue weighted by Crippen LogP contribution is 2.29. The van der Waals surface area contributed by atoms with Gasteiger partial charge in [-0.15, -0.1) is 0 Å². The molecule has 0 bridgehead atoms. The smallest absolute Gasteiger partial charge is 0.243 e. The Kier molecular flexibility index (Phi) is 6.68. The Hall–Kier alpha value is -2.93. The van der Waals surface area contributed by atoms with Crippen LogP contribution in [0.2, 0.25) is 0 Å². The summed E-state index contributed by atoms with van der Waals surface area (Å²) in [6.45, 7) is 3.43. The highest BCUT2D eigenvalue weighted by Gasteiger charge is 2.18. The van der Waals surface area contributed by atoms with E-state index in [9.17, 15) is 14.0 Å². The van der Waals surface area contributed by atoms with Crippen molar-refractivity contribution in [1.29, 1.82) is 0 Å². The van der Waals surface area contributed by atoms with Gasteiger partial charge in [0.2, 0.25) is 11.8 Å². The fourth-order valence-corrected chi connectivity index (χ4v) is 2.10. The van der Waals surface area contributed by atoms with Gasteiger partial charge in [-0.1, -0.05) is 32.0 Å². The van der Waals surface area contributed by atoms with Gasteiger partial charge in [-0.2, -0.15) is 0 Å². The number of benzene rings is 2. The summed E-state index contributed by atoms with van der Waals surface area (Å²) in [6.07, 6.45) is 0. The summed E-state index contributed by atoms with van der Waals surface area (Å²) in [5.74, 6) is -0.602. The van der Waals surface area contributed by atoms with E-state index >= 15 is 0 Å². The maximum atomic E-state index is 13.3. The number of para-hydroxylation sites is 2. The molecule has 0 aromatic heterocycles. The molecule has 2 amide bonds. The van der Waals surface area contributed by atoms with Crippen LogP contribution in [0.3, 0.4) is 0 Å². The molecule has 0 aliphatic heterocycles. The number of anilines is 1. The monoisotopic (exact) mass is 359 g/mol. The number of hydrogen-bond donors (Lipinski definition) is 3. The molecule has 6 nitrogen and oxygen atoms in total. The van der Waals surface area contributed by atoms with Crippen LogP contribution in [0, 0.1) is 11.7 Å². The number of nitrogens with two attached hydrogens (primary N) is 1. The Balaban J connectivity index is 1.99. The van der Waals surface area contributed by atoms with Crippen molar-refractivity contribution in [2.75, 3.05) is 11.9 Å². The molecule has 2 rings (SSSR count). The summed E-state index contributed by atoms with van der Waals surface area (Å²) in [4.78, 5) is 23.9. The second-order valence-corrected chi connectivity index (χ2v) is 6.09. The minimum absolute atomic E-state index is 0.0292. The van der Waals surface area contributed by atoms with Crippen LogP contribution in [0.4, 0.5) is 10.1 Å². The van der Waals surface area contributed by atoms with Crippen LogP contribution in [-0.2, 0) is 9.59 Å². The quantitative estimate of drug-likeness (QED) is 0.708. The number of ether oxygens (including phenoxy) is 1. The van der Waals surface area contributed by atoms with Crippen molar-refractivity contribution >= 4 is 17.5 Å². The van der Waals surface area contributed by atoms with E-state index < -0.39 is 17.8 Å². The molecule has 26 heavy (non-hydrogen) atoms. The minimum atomic E-state index is -0.675. The zero-order valence-electron chi connectivity index (χ0n) is 14.7. The van der Waals surface area contributed by atoms with Crippen LogP contribution < -0.4 is 21.1 Å². The molecule has 0 aliphatic carbocycles. The Bertz CT molecular complexity index is 780. The number of halogens is 1. The minimum Gasteiger partial charge on any atom is -0.455 e. The normalized spacial score (nSPS) is 11.7. The second-order valence-electron chi connectivity index (χ2n) is 6.09. The summed E-state index contributed by atoms with van der Waals surface area (Å²) in [6, 6.07) is 11.8. The van der Waals surface area contributed by atoms with Crippen molar-refractivity contribution in [3.63, 3.8) is 0 Å². The number of carbonyl (C=O) groups is 2. The Morgan fingerprint density at radius 3 is 2.58 bits per heavy atom. The van der Waals surface area contributed by atoms with Crippen molar-refractivity contribution in [3.8, 4) is 11.5 Å². The molecule has 0 heterocycles. The molecule has 7 heteroatoms. The molecule has 0 saturated carbocycles. The Morgan fingerprint density at radius 1 is 1.15 bits per heavy atom. The molecular formula is C19H22FN3O3. The van der Waals surface area contributed by atoms with Gasteiger partial charge in [-0.3, -0.25) is 9.59 Å². The number of amides is 2. The standard InChI is InChI=1S/C19H22FN3O3/c1-12(2)18(21)19(25)22-11-17(24)23-15-8-3-4-9-16(15)26-14-7-5-6-13(20)10-14/h3-10,12,18H,11,21H2,1-2H3,(H,22,25)(H,23,24)/t18-/m0/s1. The van der Waals surface area contributed by atoms with Gasteiger partial charge < -0.3 is 21.1 Å². The van der Waals surface area contributed by atoms with Crippen molar-refractivity contribution < 1.29 is 18.7 Å². The number of rotatable bonds is 7. The van der Waals surface area contributed by atoms with Crippen molar-refractivity contribution in [2.24, 2.45) is 11.7 Å². The largest absolute Gasteiger partial charge is 0.455 e. The molecule has 0 unspecified atom stereocenters. The average Bonchev–Trinajstić information content (AvgIpc) is 2.60. The third-order valence-corrected chi connectivity index (χ3v) is 3.63. The van der Waals surface area contributed by atoms with Crippen LogP contribution in [0.1, 0.15) is 13.8 Å². The van der Waals surface area contributed by atoms with Gasteiger partial charge in [0.1, 0.15) is 11.6 Å². The van der Waals surface area contributed by atoms with Crippen molar-refractivity contribution in [3.05, 3.63) is 54.3 Å². The molecule has 0 spiro atoms. The van der Waals surface area contributed by atoms with E-state index in [4.69, 9.17) is 10.5 Å². The molecule has 138 valence electrons. The lowest BCUT2D eigenvalue weighted by Gasteiger charge is -2.16. The molecule has 0 saturated heterocycles. The Morgan fingerprint density at radius 2 is 1.88 bits per heavy atom. The van der Waals surface area contributed by atoms with E-state index in [0.717, 1.165) is 0 Å². The lowest BCUT2D eigenvalue weighted by Crippen LogP contribution is -2.46. The summed E-state index contributed by atoms with van der Waals surface area (Å²) in [5, 5.41) is 5.15. The number of nitrogens with one attached hydrogen (secondary N) is 2. The van der Waals surface area contributed by atoms with Crippen LogP contribution in [0.25, 0.3) is 0 Å². The number of hydrogen-bond acceptors (Lipinski definition) is 4. The van der Waals surface area contributed by atoms with E-state index in [1.54, 1.807) is 30.3 Å². The molecule has 0 aliphatic rings. The SMILES string of the molecule is CC(C)[C@H](N)C(=O)NCC(=O)Nc1ccccc1Oc1cccc(F)c1. The van der Waals surface area contributed by atoms with Crippen LogP contribution in [0.15, 0.2) is 48.5 Å². The lowest BCUT2D eigenvalue weighted by molar-refractivity contribution is -0.125. The van der Waals surface area contributed by atoms with Gasteiger partial charge in [-0.05, 0) is 30.2 Å². The van der Waals surface area contributed by atoms with Gasteiger partial charge in [0.05, 0.1) is 18.3 Å². The maximum absolute atomic E-state index is 13.3. The second kappa shape index (κ2) is 8.96. The third-order valence-electron chi connectivity index (χ3n) is 3.63. The summed E-state index contributed by atoms with van der Waals surface area (Å²) < 4.78 is 18.9. The van der Waals surface area contributed by atoms with Crippen LogP contribution >= 0.6 is 0 Å². The molecule has 2 aromatic rings. The molecule has 2 aromatic carbocycles. The summed E-state index contributed by atoms with van der Waals surface area (Å²) in [7, 11) is 0. The first kappa shape index (κ1) is 19.4. The molecule has 1 atom stereocenters. The molecule has 4 N–H and O–H groups in total. The first-order valence-corrected chi connectivity index (χ1v) is 8.22. The molecule has 0 fully saturated rings. The first-order chi connectivity index (χ1) is 12.4. The zero-order chi connectivity index (χ0) is 19.1. The van der Waals surface area contributed by atoms with E-state index in [-0.39, 0.29) is 18.4 Å². The first-order valence-electron chi connectivity index (χ1n) is 8.22. The Labute approximate surface area is 151 Å². The third kappa shape index (κ3) is 5.56. The topological polar surface area (TPSA) is 93.5 Å². The van der Waals surface area contributed by atoms with Crippen molar-refractivity contribution in [2.45, 2.75) is 19.9 Å². The van der Waals surface area contributed by atoms with Crippen molar-refractivity contribution in [1.82, 2.24) is 5.32 Å². The fraction of sp³-hybridized carbons (Fsp3) is 0.263. The van der Waals surface area contributed by atoms with E-state index in [1.807, 2.05) is 13.8 Å². The summed E-state index contributed by atoms with van der Waals surface area (Å²) in [5.41, 5.74) is 6.13. The van der Waals surface area contributed by atoms with E-state index in [0.29, 0.717) is 17.2 Å². The lowest BCUT2D eigenvalue weighted by atomic mass is 10.1. The van der Waals surface area contributed by atoms with Crippen LogP contribution in [0.5, 0.6) is 11.5 Å². The van der Waals surface area contributed by atoms with Gasteiger partial charge in [-0.25, -0.2) is 4.39 Å².